The van der Waals surface area contributed by atoms with Crippen LogP contribution in [0.4, 0.5) is 0 Å². The molecular weight excluding hydrogens is 681 g/mol. The predicted octanol–water partition coefficient (Wildman–Crippen LogP) is 13.3. The van der Waals surface area contributed by atoms with Crippen LogP contribution in [0.5, 0.6) is 0 Å². The number of rotatable bonds is 6. The number of hydrogen-bond donors (Lipinski definition) is 0. The van der Waals surface area contributed by atoms with Crippen molar-refractivity contribution in [3.05, 3.63) is 206 Å². The molecule has 4 nitrogen and oxygen atoms in total. The van der Waals surface area contributed by atoms with E-state index in [9.17, 15) is 0 Å². The van der Waals surface area contributed by atoms with Crippen LogP contribution in [-0.4, -0.2) is 19.1 Å². The molecule has 0 spiro atoms. The van der Waals surface area contributed by atoms with Crippen molar-refractivity contribution in [2.24, 2.45) is 0 Å². The van der Waals surface area contributed by atoms with Crippen molar-refractivity contribution in [1.82, 2.24) is 19.1 Å². The summed E-state index contributed by atoms with van der Waals surface area (Å²) in [5, 5.41) is 4.91. The lowest BCUT2D eigenvalue weighted by molar-refractivity contribution is 1.14. The Morgan fingerprint density at radius 3 is 1.23 bits per heavy atom. The zero-order valence-corrected chi connectivity index (χ0v) is 30.4. The van der Waals surface area contributed by atoms with Crippen molar-refractivity contribution in [2.45, 2.75) is 0 Å². The average molecular weight is 715 g/mol. The Balaban J connectivity index is 1.09. The lowest BCUT2D eigenvalue weighted by Gasteiger charge is -2.13. The van der Waals surface area contributed by atoms with E-state index in [1.165, 1.54) is 49.2 Å². The third-order valence-corrected chi connectivity index (χ3v) is 11.0. The summed E-state index contributed by atoms with van der Waals surface area (Å²) in [6.07, 6.45) is 0. The minimum atomic E-state index is 0.689. The van der Waals surface area contributed by atoms with Gasteiger partial charge in [-0.25, -0.2) is 9.97 Å². The smallest absolute Gasteiger partial charge is 0.160 e. The van der Waals surface area contributed by atoms with Crippen molar-refractivity contribution < 1.29 is 0 Å². The number of benzene rings is 8. The molecule has 0 fully saturated rings. The molecule has 0 aliphatic carbocycles. The molecule has 3 aromatic heterocycles. The molecule has 0 amide bonds. The van der Waals surface area contributed by atoms with Crippen LogP contribution in [0, 0.1) is 0 Å². The third kappa shape index (κ3) is 5.23. The predicted molar refractivity (Wildman–Crippen MR) is 232 cm³/mol. The lowest BCUT2D eigenvalue weighted by atomic mass is 10.0. The van der Waals surface area contributed by atoms with Gasteiger partial charge in [0.15, 0.2) is 5.82 Å². The van der Waals surface area contributed by atoms with E-state index in [1.54, 1.807) is 0 Å². The fourth-order valence-corrected chi connectivity index (χ4v) is 8.32. The number of fused-ring (bicyclic) bond motifs is 7. The van der Waals surface area contributed by atoms with Crippen molar-refractivity contribution in [1.29, 1.82) is 0 Å². The minimum absolute atomic E-state index is 0.689. The summed E-state index contributed by atoms with van der Waals surface area (Å²) in [4.78, 5) is 10.3. The van der Waals surface area contributed by atoms with Gasteiger partial charge in [-0.1, -0.05) is 152 Å². The molecular formula is C52H34N4. The summed E-state index contributed by atoms with van der Waals surface area (Å²) in [6.45, 7) is 0. The highest BCUT2D eigenvalue weighted by Gasteiger charge is 2.21. The Morgan fingerprint density at radius 1 is 0.286 bits per heavy atom. The van der Waals surface area contributed by atoms with Crippen molar-refractivity contribution in [2.75, 3.05) is 0 Å². The molecule has 0 unspecified atom stereocenters. The third-order valence-electron chi connectivity index (χ3n) is 11.0. The van der Waals surface area contributed by atoms with Crippen LogP contribution in [0.25, 0.3) is 100 Å². The summed E-state index contributed by atoms with van der Waals surface area (Å²) in [5.41, 5.74) is 14.1. The van der Waals surface area contributed by atoms with Gasteiger partial charge in [0.2, 0.25) is 0 Å². The second-order valence-electron chi connectivity index (χ2n) is 14.2. The highest BCUT2D eigenvalue weighted by Crippen LogP contribution is 2.42. The van der Waals surface area contributed by atoms with Crippen molar-refractivity contribution >= 4 is 43.6 Å². The zero-order chi connectivity index (χ0) is 37.0. The molecule has 4 heteroatoms. The molecule has 0 atom stereocenters. The summed E-state index contributed by atoms with van der Waals surface area (Å²) < 4.78 is 4.85. The van der Waals surface area contributed by atoms with Crippen LogP contribution >= 0.6 is 0 Å². The van der Waals surface area contributed by atoms with E-state index >= 15 is 0 Å². The number of hydrogen-bond acceptors (Lipinski definition) is 2. The normalized spacial score (nSPS) is 11.6. The second-order valence-corrected chi connectivity index (χ2v) is 14.2. The van der Waals surface area contributed by atoms with Crippen LogP contribution in [0.2, 0.25) is 0 Å². The Hall–Kier alpha value is -7.56. The molecule has 0 N–H and O–H groups in total. The maximum atomic E-state index is 5.18. The lowest BCUT2D eigenvalue weighted by Crippen LogP contribution is -1.99. The molecule has 56 heavy (non-hydrogen) atoms. The van der Waals surface area contributed by atoms with Gasteiger partial charge in [-0.05, 0) is 65.7 Å². The van der Waals surface area contributed by atoms with Gasteiger partial charge < -0.3 is 9.13 Å². The van der Waals surface area contributed by atoms with Gasteiger partial charge in [-0.15, -0.1) is 0 Å². The van der Waals surface area contributed by atoms with E-state index in [1.807, 2.05) is 12.1 Å². The first-order valence-corrected chi connectivity index (χ1v) is 19.0. The van der Waals surface area contributed by atoms with Crippen LogP contribution in [-0.2, 0) is 0 Å². The topological polar surface area (TPSA) is 35.6 Å². The molecule has 8 aromatic carbocycles. The molecule has 11 aromatic rings. The Morgan fingerprint density at radius 2 is 0.679 bits per heavy atom. The number of aromatic nitrogens is 4. The summed E-state index contributed by atoms with van der Waals surface area (Å²) in [6, 6.07) is 73.1. The number of para-hydroxylation sites is 3. The quantitative estimate of drug-likeness (QED) is 0.172. The fraction of sp³-hybridized carbons (Fsp3) is 0. The highest BCUT2D eigenvalue weighted by molar-refractivity contribution is 6.23. The number of nitrogens with zero attached hydrogens (tertiary/aromatic N) is 4. The first-order valence-electron chi connectivity index (χ1n) is 19.0. The zero-order valence-electron chi connectivity index (χ0n) is 30.4. The van der Waals surface area contributed by atoms with Crippen LogP contribution in [0.15, 0.2) is 206 Å². The average Bonchev–Trinajstić information content (AvgIpc) is 3.80. The maximum Gasteiger partial charge on any atom is 0.160 e. The molecule has 11 rings (SSSR count). The second kappa shape index (κ2) is 13.1. The molecule has 0 radical (unpaired) electrons. The monoisotopic (exact) mass is 714 g/mol. The Kier molecular flexibility index (Phi) is 7.46. The van der Waals surface area contributed by atoms with Gasteiger partial charge in [0, 0.05) is 49.6 Å². The molecule has 0 saturated heterocycles. The van der Waals surface area contributed by atoms with Gasteiger partial charge in [-0.2, -0.15) is 0 Å². The van der Waals surface area contributed by atoms with E-state index in [-0.39, 0.29) is 0 Å². The van der Waals surface area contributed by atoms with E-state index in [0.717, 1.165) is 45.0 Å². The standard InChI is InChI=1S/C52H34N4/c1-4-14-35(15-5-1)36-24-26-38(27-25-36)47-34-46(37-16-6-2-7-17-37)53-52(54-47)39-28-30-41(31-29-39)56-49-23-13-11-21-43(49)45-33-32-44-42-20-10-12-22-48(42)55(50(44)51(45)56)40-18-8-3-9-19-40/h1-34H. The summed E-state index contributed by atoms with van der Waals surface area (Å²) in [7, 11) is 0. The molecule has 0 aliphatic rings. The molecule has 262 valence electrons. The van der Waals surface area contributed by atoms with Gasteiger partial charge in [-0.3, -0.25) is 0 Å². The van der Waals surface area contributed by atoms with E-state index in [0.29, 0.717) is 5.82 Å². The molecule has 0 bridgehead atoms. The van der Waals surface area contributed by atoms with E-state index in [2.05, 4.69) is 203 Å². The fourth-order valence-electron chi connectivity index (χ4n) is 8.32. The maximum absolute atomic E-state index is 5.18. The summed E-state index contributed by atoms with van der Waals surface area (Å²) >= 11 is 0. The van der Waals surface area contributed by atoms with Crippen LogP contribution in [0.3, 0.4) is 0 Å². The SMILES string of the molecule is c1ccc(-c2ccc(-c3cc(-c4ccccc4)nc(-c4ccc(-n5c6ccccc6c6ccc7c8ccccc8n(-c8ccccc8)c7c65)cc4)n3)cc2)cc1. The first-order chi connectivity index (χ1) is 27.8. The molecule has 0 aliphatic heterocycles. The van der Waals surface area contributed by atoms with Crippen LogP contribution in [0.1, 0.15) is 0 Å². The Labute approximate surface area is 324 Å². The van der Waals surface area contributed by atoms with Gasteiger partial charge in [0.1, 0.15) is 0 Å². The van der Waals surface area contributed by atoms with Crippen LogP contribution < -0.4 is 0 Å². The minimum Gasteiger partial charge on any atom is -0.307 e. The van der Waals surface area contributed by atoms with Gasteiger partial charge >= 0.3 is 0 Å². The van der Waals surface area contributed by atoms with Gasteiger partial charge in [0.25, 0.3) is 0 Å². The van der Waals surface area contributed by atoms with Crippen molar-refractivity contribution in [3.8, 4) is 56.4 Å². The van der Waals surface area contributed by atoms with E-state index < -0.39 is 0 Å². The first kappa shape index (κ1) is 31.9. The van der Waals surface area contributed by atoms with E-state index in [4.69, 9.17) is 9.97 Å². The van der Waals surface area contributed by atoms with Gasteiger partial charge in [0.05, 0.1) is 33.5 Å². The molecule has 0 saturated carbocycles. The summed E-state index contributed by atoms with van der Waals surface area (Å²) in [5.74, 6) is 0.689. The van der Waals surface area contributed by atoms with Crippen molar-refractivity contribution in [3.63, 3.8) is 0 Å². The largest absolute Gasteiger partial charge is 0.307 e. The molecule has 3 heterocycles. The highest BCUT2D eigenvalue weighted by atomic mass is 15.0. The Bertz CT molecular complexity index is 3200.